The Hall–Kier alpha value is -2.50. The molecule has 6 aromatic rings. The molecule has 0 aliphatic carbocycles. The average molecular weight is 1080 g/mol. The van der Waals surface area contributed by atoms with E-state index in [-0.39, 0.29) is 147 Å². The molecule has 0 bridgehead atoms. The molecule has 66 heavy (non-hydrogen) atoms. The minimum absolute atomic E-state index is 0. The molecule has 0 fully saturated rings. The third-order valence-corrected chi connectivity index (χ3v) is 16.6. The number of rotatable bonds is 9. The smallest absolute Gasteiger partial charge is 1.00 e. The van der Waals surface area contributed by atoms with Crippen molar-refractivity contribution in [1.82, 2.24) is 0 Å². The largest absolute Gasteiger partial charge is 1.00 e. The van der Waals surface area contributed by atoms with Crippen molar-refractivity contribution in [1.29, 1.82) is 0 Å². The van der Waals surface area contributed by atoms with E-state index >= 15 is 0 Å². The molecule has 0 amide bonds. The van der Waals surface area contributed by atoms with E-state index in [0.29, 0.717) is 39.4 Å². The standard InChI is InChI=1S/C24H22O5.C19H16O4.CH2O3.CH4.2K.S7.H/c1-14(2)6-9-20-23(27-16(4)25)12-19(13-24(20)28-17(5)26)22-11-18-8-7-15(3)10-21(18)29-22;1-11(2)3-6-15-16(21)7-13(8-17(15)22)18-9-12-4-5-14(20)10-19(12)23-18;2-1-4-3;;;;1-3-5-7-6-4-2;/h6-13H,1H2,2-5H3;3-10,20-22H,1H2,2H3;1,3H;1H4;;;;/q;;;;2*+1;;-1/p-1/b9-6+;6-3+;;;;;;. The molecule has 0 saturated heterocycles. The first-order valence-electron chi connectivity index (χ1n) is 17.8. The topological polar surface area (TPSA) is 189 Å². The summed E-state index contributed by atoms with van der Waals surface area (Å²) in [6.07, 6.45) is 6.76. The predicted molar refractivity (Wildman–Crippen MR) is 270 cm³/mol. The van der Waals surface area contributed by atoms with Gasteiger partial charge in [-0.2, -0.15) is 0 Å². The number of allylic oxidation sites excluding steroid dienone is 4. The summed E-state index contributed by atoms with van der Waals surface area (Å²) in [5.74, 6) is 0.628. The number of aryl methyl sites for hydroxylation is 1. The van der Waals surface area contributed by atoms with Crippen molar-refractivity contribution in [2.75, 3.05) is 0 Å². The van der Waals surface area contributed by atoms with Crippen LogP contribution in [0.2, 0.25) is 0 Å². The minimum Gasteiger partial charge on any atom is -1.00 e. The Labute approximate surface area is 493 Å². The van der Waals surface area contributed by atoms with Crippen LogP contribution in [-0.2, 0) is 86.0 Å². The van der Waals surface area contributed by atoms with Crippen LogP contribution in [0.3, 0.4) is 0 Å². The summed E-state index contributed by atoms with van der Waals surface area (Å²) >= 11 is 9.14. The molecule has 2 aromatic heterocycles. The quantitative estimate of drug-likeness (QED) is 0.0361. The van der Waals surface area contributed by atoms with E-state index in [4.69, 9.17) is 28.4 Å². The first-order valence-corrected chi connectivity index (χ1v) is 25.8. The van der Waals surface area contributed by atoms with Crippen LogP contribution in [0.5, 0.6) is 28.7 Å². The normalized spacial score (nSPS) is 9.79. The number of phenolic OH excluding ortho intramolecular Hbond substituents is 3. The summed E-state index contributed by atoms with van der Waals surface area (Å²) in [6.45, 7) is 15.7. The van der Waals surface area contributed by atoms with Gasteiger partial charge in [-0.1, -0.05) is 56.0 Å². The Bertz CT molecular complexity index is 2890. The first-order chi connectivity index (χ1) is 30.0. The van der Waals surface area contributed by atoms with Gasteiger partial charge in [-0.3, -0.25) is 14.4 Å². The van der Waals surface area contributed by atoms with E-state index in [2.05, 4.69) is 40.4 Å². The second-order valence-corrected chi connectivity index (χ2v) is 21.7. The number of hydrogen-bond donors (Lipinski definition) is 3. The third kappa shape index (κ3) is 21.4. The molecule has 6 rings (SSSR count). The molecule has 0 atom stereocenters. The number of ether oxygens (including phenoxy) is 2. The van der Waals surface area contributed by atoms with Crippen LogP contribution in [0.1, 0.15) is 53.2 Å². The van der Waals surface area contributed by atoms with Gasteiger partial charge in [-0.15, -0.1) is 0 Å². The number of aromatic hydroxyl groups is 3. The molecule has 340 valence electrons. The summed E-state index contributed by atoms with van der Waals surface area (Å²) in [6, 6.07) is 20.9. The number of hydrogen-bond acceptors (Lipinski definition) is 14. The number of esters is 2. The van der Waals surface area contributed by atoms with Crippen LogP contribution in [0, 0.1) is 6.92 Å². The molecule has 0 unspecified atom stereocenters. The summed E-state index contributed by atoms with van der Waals surface area (Å²) in [5.41, 5.74) is 5.93. The molecule has 2 heterocycles. The molecule has 0 aliphatic rings. The van der Waals surface area contributed by atoms with Crippen molar-refractivity contribution in [2.45, 2.75) is 42.0 Å². The number of furan rings is 2. The maximum absolute atomic E-state index is 11.7. The van der Waals surface area contributed by atoms with E-state index in [0.717, 1.165) is 33.1 Å². The van der Waals surface area contributed by atoms with Gasteiger partial charge in [0.05, 0.1) is 11.1 Å². The number of carbonyl (C=O) groups is 3. The van der Waals surface area contributed by atoms with Crippen molar-refractivity contribution in [2.24, 2.45) is 0 Å². The zero-order valence-corrected chi connectivity index (χ0v) is 48.1. The molecular weight excluding hydrogens is 1040 g/mol. The van der Waals surface area contributed by atoms with Gasteiger partial charge in [0, 0.05) is 109 Å². The second-order valence-electron chi connectivity index (χ2n) is 12.9. The SMILES string of the molecule is C.C=C(C)/C=C/c1c(O)cc(-c2cc3ccc(O)cc3o2)cc1O.C=C(C)/C=C/c1c(OC(C)=O)cc(-c2cc3ccc(C)cc3o2)cc1OC(C)=O.O=CO[O-].S=S=S=S=S=S=S.[H-].[K+].[K+]. The molecule has 0 spiro atoms. The molecule has 21 heteroatoms. The minimum atomic E-state index is -0.485. The van der Waals surface area contributed by atoms with Crippen molar-refractivity contribution in [3.63, 3.8) is 0 Å². The fraction of sp³-hybridized carbons (Fsp3) is 0.133. The Morgan fingerprint density at radius 3 is 1.53 bits per heavy atom. The monoisotopic (exact) mass is 1080 g/mol. The van der Waals surface area contributed by atoms with Gasteiger partial charge in [0.15, 0.2) is 0 Å². The van der Waals surface area contributed by atoms with Gasteiger partial charge >= 0.3 is 115 Å². The van der Waals surface area contributed by atoms with Gasteiger partial charge in [-0.05, 0) is 93.1 Å². The zero-order valence-electron chi connectivity index (χ0n) is 37.1. The Balaban J connectivity index is 0. The van der Waals surface area contributed by atoms with E-state index in [1.165, 1.54) is 49.8 Å². The van der Waals surface area contributed by atoms with Crippen molar-refractivity contribution in [3.05, 3.63) is 126 Å². The zero-order chi connectivity index (χ0) is 46.6. The summed E-state index contributed by atoms with van der Waals surface area (Å²) in [7, 11) is 7.36. The summed E-state index contributed by atoms with van der Waals surface area (Å²) < 4.78 is 22.5. The number of carbonyl (C=O) groups excluding carboxylic acids is 3. The van der Waals surface area contributed by atoms with Crippen LogP contribution in [0.15, 0.2) is 118 Å². The van der Waals surface area contributed by atoms with Gasteiger partial charge in [0.25, 0.3) is 6.47 Å². The van der Waals surface area contributed by atoms with Gasteiger partial charge in [0.1, 0.15) is 51.4 Å². The maximum atomic E-state index is 11.7. The summed E-state index contributed by atoms with van der Waals surface area (Å²) in [5, 5.41) is 40.0. The fourth-order valence-electron chi connectivity index (χ4n) is 5.25. The molecule has 0 saturated carbocycles. The second kappa shape index (κ2) is 33.1. The molecule has 0 aliphatic heterocycles. The predicted octanol–water partition coefficient (Wildman–Crippen LogP) is 3.83. The van der Waals surface area contributed by atoms with Crippen molar-refractivity contribution >= 4 is 119 Å². The van der Waals surface area contributed by atoms with Gasteiger partial charge in [0.2, 0.25) is 0 Å². The van der Waals surface area contributed by atoms with Crippen LogP contribution in [-0.4, -0.2) is 33.7 Å². The third-order valence-electron chi connectivity index (χ3n) is 7.72. The van der Waals surface area contributed by atoms with E-state index in [1.54, 1.807) is 81.3 Å². The molecule has 0 radical (unpaired) electrons. The maximum Gasteiger partial charge on any atom is 1.00 e. The average Bonchev–Trinajstić information content (AvgIpc) is 3.84. The van der Waals surface area contributed by atoms with E-state index in [1.807, 2.05) is 45.0 Å². The van der Waals surface area contributed by atoms with Gasteiger partial charge in [-0.25, -0.2) is 0 Å². The van der Waals surface area contributed by atoms with Crippen molar-refractivity contribution in [3.8, 4) is 51.4 Å². The van der Waals surface area contributed by atoms with Crippen LogP contribution in [0.25, 0.3) is 56.7 Å². The first kappa shape index (κ1) is 63.5. The number of phenols is 3. The van der Waals surface area contributed by atoms with Gasteiger partial charge < -0.3 is 45.2 Å². The molecule has 3 N–H and O–H groups in total. The Kier molecular flexibility index (Phi) is 31.9. The van der Waals surface area contributed by atoms with Crippen LogP contribution in [0.4, 0.5) is 0 Å². The summed E-state index contributed by atoms with van der Waals surface area (Å²) in [4.78, 5) is 34.6. The molecule has 4 aromatic carbocycles. The fourth-order valence-corrected chi connectivity index (χ4v) is 13.5. The van der Waals surface area contributed by atoms with Crippen molar-refractivity contribution < 1.29 is 162 Å². The van der Waals surface area contributed by atoms with E-state index < -0.39 is 11.9 Å². The van der Waals surface area contributed by atoms with E-state index in [9.17, 15) is 24.9 Å². The Morgan fingerprint density at radius 2 is 1.11 bits per heavy atom. The molecular formula is C45H44K2O12S7. The molecule has 12 nitrogen and oxygen atoms in total. The number of fused-ring (bicyclic) bond motifs is 2. The number of benzene rings is 4. The Morgan fingerprint density at radius 1 is 0.682 bits per heavy atom. The van der Waals surface area contributed by atoms with Crippen LogP contribution < -0.4 is 118 Å². The van der Waals surface area contributed by atoms with Crippen LogP contribution >= 0.6 is 0 Å².